The van der Waals surface area contributed by atoms with Gasteiger partial charge in [-0.15, -0.1) is 0 Å². The first-order chi connectivity index (χ1) is 10.9. The Bertz CT molecular complexity index is 449. The van der Waals surface area contributed by atoms with E-state index in [9.17, 15) is 27.6 Å². The Morgan fingerprint density at radius 3 is 2.12 bits per heavy atom. The number of carbonyl (C=O) groups is 3. The van der Waals surface area contributed by atoms with Crippen molar-refractivity contribution < 1.29 is 37.0 Å². The molecule has 140 valence electrons. The largest absolute Gasteiger partial charge is 0.464 e. The van der Waals surface area contributed by atoms with Crippen molar-refractivity contribution in [3.8, 4) is 0 Å². The van der Waals surface area contributed by atoms with Crippen molar-refractivity contribution in [1.82, 2.24) is 5.32 Å². The highest BCUT2D eigenvalue weighted by Gasteiger charge is 2.39. The van der Waals surface area contributed by atoms with E-state index in [0.29, 0.717) is 13.3 Å². The van der Waals surface area contributed by atoms with Gasteiger partial charge in [-0.1, -0.05) is 20.8 Å². The van der Waals surface area contributed by atoms with E-state index in [1.54, 1.807) is 13.8 Å². The van der Waals surface area contributed by atoms with E-state index in [4.69, 9.17) is 4.74 Å². The number of esters is 2. The molecule has 0 aliphatic carbocycles. The topological polar surface area (TPSA) is 81.7 Å². The molecule has 0 heterocycles. The fraction of sp³-hybridized carbons (Fsp3) is 0.800. The molecule has 0 fully saturated rings. The zero-order chi connectivity index (χ0) is 19.0. The fourth-order valence-corrected chi connectivity index (χ4v) is 1.33. The molecular formula is C15H24F3NO5. The molecule has 0 rings (SSSR count). The molecular weight excluding hydrogens is 331 g/mol. The molecule has 0 aromatic carbocycles. The Morgan fingerprint density at radius 1 is 1.08 bits per heavy atom. The Morgan fingerprint density at radius 2 is 1.62 bits per heavy atom. The minimum absolute atomic E-state index is 0.0850. The van der Waals surface area contributed by atoms with Crippen molar-refractivity contribution in [2.75, 3.05) is 13.2 Å². The lowest BCUT2D eigenvalue weighted by Crippen LogP contribution is -2.38. The van der Waals surface area contributed by atoms with Crippen molar-refractivity contribution in [3.05, 3.63) is 0 Å². The van der Waals surface area contributed by atoms with Crippen molar-refractivity contribution in [2.24, 2.45) is 5.41 Å². The first-order valence-corrected chi connectivity index (χ1v) is 7.60. The van der Waals surface area contributed by atoms with Crippen LogP contribution in [0.2, 0.25) is 0 Å². The quantitative estimate of drug-likeness (QED) is 0.507. The molecule has 0 saturated heterocycles. The molecule has 24 heavy (non-hydrogen) atoms. The number of carbonyl (C=O) groups excluding carboxylic acids is 3. The predicted octanol–water partition coefficient (Wildman–Crippen LogP) is 2.36. The van der Waals surface area contributed by atoms with E-state index in [-0.39, 0.29) is 19.1 Å². The molecule has 9 heteroatoms. The second kappa shape index (κ2) is 9.48. The summed E-state index contributed by atoms with van der Waals surface area (Å²) in [5.41, 5.74) is -0.525. The highest BCUT2D eigenvalue weighted by molar-refractivity contribution is 5.81. The van der Waals surface area contributed by atoms with Gasteiger partial charge in [0.05, 0.1) is 19.4 Å². The SMILES string of the molecule is CCC(C)(C)C(=O)NCCOC(=O)CCC(=O)OC(C)C(F)(F)F. The number of amides is 1. The highest BCUT2D eigenvalue weighted by Crippen LogP contribution is 2.22. The Kier molecular flexibility index (Phi) is 8.77. The molecule has 1 atom stereocenters. The van der Waals surface area contributed by atoms with Gasteiger partial charge in [0.25, 0.3) is 0 Å². The smallest absolute Gasteiger partial charge is 0.425 e. The molecule has 0 saturated carbocycles. The van der Waals surface area contributed by atoms with Crippen molar-refractivity contribution in [2.45, 2.75) is 59.2 Å². The van der Waals surface area contributed by atoms with Crippen LogP contribution in [0.5, 0.6) is 0 Å². The summed E-state index contributed by atoms with van der Waals surface area (Å²) >= 11 is 0. The lowest BCUT2D eigenvalue weighted by atomic mass is 9.89. The number of hydrogen-bond donors (Lipinski definition) is 1. The molecule has 1 amide bonds. The van der Waals surface area contributed by atoms with Crippen molar-refractivity contribution in [3.63, 3.8) is 0 Å². The molecule has 0 bridgehead atoms. The van der Waals surface area contributed by atoms with Gasteiger partial charge in [-0.05, 0) is 13.3 Å². The van der Waals surface area contributed by atoms with Crippen LogP contribution in [-0.4, -0.2) is 43.3 Å². The summed E-state index contributed by atoms with van der Waals surface area (Å²) in [7, 11) is 0. The van der Waals surface area contributed by atoms with Gasteiger partial charge in [0.2, 0.25) is 5.91 Å². The van der Waals surface area contributed by atoms with Gasteiger partial charge in [0.1, 0.15) is 6.61 Å². The van der Waals surface area contributed by atoms with Gasteiger partial charge in [0, 0.05) is 5.41 Å². The molecule has 1 unspecified atom stereocenters. The van der Waals surface area contributed by atoms with Crippen LogP contribution >= 0.6 is 0 Å². The van der Waals surface area contributed by atoms with E-state index in [0.717, 1.165) is 0 Å². The molecule has 6 nitrogen and oxygen atoms in total. The molecule has 1 N–H and O–H groups in total. The first-order valence-electron chi connectivity index (χ1n) is 7.60. The minimum atomic E-state index is -4.64. The maximum Gasteiger partial charge on any atom is 0.425 e. The van der Waals surface area contributed by atoms with Crippen molar-refractivity contribution >= 4 is 17.8 Å². The zero-order valence-electron chi connectivity index (χ0n) is 14.3. The third-order valence-corrected chi connectivity index (χ3v) is 3.45. The lowest BCUT2D eigenvalue weighted by molar-refractivity contribution is -0.216. The summed E-state index contributed by atoms with van der Waals surface area (Å²) in [6.45, 7) is 6.17. The summed E-state index contributed by atoms with van der Waals surface area (Å²) in [6, 6.07) is 0. The van der Waals surface area contributed by atoms with Crippen LogP contribution in [0, 0.1) is 5.41 Å². The number of rotatable bonds is 9. The van der Waals surface area contributed by atoms with E-state index >= 15 is 0 Å². The third-order valence-electron chi connectivity index (χ3n) is 3.45. The Labute approximate surface area is 139 Å². The summed E-state index contributed by atoms with van der Waals surface area (Å²) in [5, 5.41) is 2.60. The zero-order valence-corrected chi connectivity index (χ0v) is 14.3. The average Bonchev–Trinajstić information content (AvgIpc) is 2.48. The maximum atomic E-state index is 12.2. The molecule has 0 aromatic heterocycles. The second-order valence-corrected chi connectivity index (χ2v) is 5.89. The second-order valence-electron chi connectivity index (χ2n) is 5.89. The summed E-state index contributed by atoms with van der Waals surface area (Å²) in [5.74, 6) is -2.06. The average molecular weight is 355 g/mol. The predicted molar refractivity (Wildman–Crippen MR) is 78.9 cm³/mol. The Balaban J connectivity index is 3.92. The summed E-state index contributed by atoms with van der Waals surface area (Å²) in [4.78, 5) is 34.3. The van der Waals surface area contributed by atoms with E-state index < -0.39 is 42.5 Å². The maximum absolute atomic E-state index is 12.2. The van der Waals surface area contributed by atoms with Gasteiger partial charge < -0.3 is 14.8 Å². The van der Waals surface area contributed by atoms with Gasteiger partial charge in [0.15, 0.2) is 6.10 Å². The van der Waals surface area contributed by atoms with Crippen LogP contribution in [0.25, 0.3) is 0 Å². The van der Waals surface area contributed by atoms with Crippen LogP contribution in [0.1, 0.15) is 47.0 Å². The summed E-state index contributed by atoms with van der Waals surface area (Å²) < 4.78 is 45.5. The molecule has 0 aromatic rings. The van der Waals surface area contributed by atoms with Gasteiger partial charge in [-0.25, -0.2) is 0 Å². The van der Waals surface area contributed by atoms with Crippen LogP contribution in [0.15, 0.2) is 0 Å². The van der Waals surface area contributed by atoms with E-state index in [2.05, 4.69) is 10.1 Å². The van der Waals surface area contributed by atoms with Crippen LogP contribution < -0.4 is 5.32 Å². The molecule has 0 radical (unpaired) electrons. The number of alkyl halides is 3. The molecule has 0 aliphatic heterocycles. The number of hydrogen-bond acceptors (Lipinski definition) is 5. The number of ether oxygens (including phenoxy) is 2. The number of nitrogens with one attached hydrogen (secondary N) is 1. The molecule has 0 spiro atoms. The van der Waals surface area contributed by atoms with Gasteiger partial charge in [-0.3, -0.25) is 14.4 Å². The number of halogens is 3. The van der Waals surface area contributed by atoms with Crippen LogP contribution in [0.3, 0.4) is 0 Å². The van der Waals surface area contributed by atoms with Gasteiger partial charge >= 0.3 is 18.1 Å². The van der Waals surface area contributed by atoms with Crippen molar-refractivity contribution in [1.29, 1.82) is 0 Å². The minimum Gasteiger partial charge on any atom is -0.464 e. The molecule has 0 aliphatic rings. The van der Waals surface area contributed by atoms with Crippen LogP contribution in [-0.2, 0) is 23.9 Å². The summed E-state index contributed by atoms with van der Waals surface area (Å²) in [6.07, 6.45) is -7.11. The normalized spacial score (nSPS) is 13.1. The van der Waals surface area contributed by atoms with E-state index in [1.807, 2.05) is 6.92 Å². The standard InChI is InChI=1S/C15H24F3NO5/c1-5-14(3,4)13(22)19-8-9-23-11(20)6-7-12(21)24-10(2)15(16,17)18/h10H,5-9H2,1-4H3,(H,19,22). The highest BCUT2D eigenvalue weighted by atomic mass is 19.4. The Hall–Kier alpha value is -1.80. The fourth-order valence-electron chi connectivity index (χ4n) is 1.33. The van der Waals surface area contributed by atoms with Gasteiger partial charge in [-0.2, -0.15) is 13.2 Å². The third kappa shape index (κ3) is 8.73. The van der Waals surface area contributed by atoms with Crippen LogP contribution in [0.4, 0.5) is 13.2 Å². The van der Waals surface area contributed by atoms with E-state index in [1.165, 1.54) is 0 Å². The monoisotopic (exact) mass is 355 g/mol. The lowest BCUT2D eigenvalue weighted by Gasteiger charge is -2.21. The first kappa shape index (κ1) is 22.2.